The molecule has 0 fully saturated rings. The molecule has 0 N–H and O–H groups in total. The smallest absolute Gasteiger partial charge is 0.338 e. The molecule has 0 saturated carbocycles. The van der Waals surface area contributed by atoms with Gasteiger partial charge in [-0.15, -0.1) is 11.3 Å². The maximum atomic E-state index is 7.61. The number of furan rings is 3. The Labute approximate surface area is 359 Å². The second kappa shape index (κ2) is 11.3. The first-order valence-corrected chi connectivity index (χ1v) is 23.4. The topological polar surface area (TPSA) is 42.7 Å². The average Bonchev–Trinajstić information content (AvgIpc) is 4.01. The molecule has 6 heteroatoms. The van der Waals surface area contributed by atoms with Crippen molar-refractivity contribution in [2.45, 2.75) is 154 Å². The van der Waals surface area contributed by atoms with Crippen LogP contribution in [0.5, 0.6) is 0 Å². The van der Waals surface area contributed by atoms with Crippen molar-refractivity contribution < 1.29 is 13.3 Å². The van der Waals surface area contributed by atoms with Gasteiger partial charge in [0, 0.05) is 64.4 Å². The van der Waals surface area contributed by atoms with E-state index in [9.17, 15) is 0 Å². The molecule has 4 aromatic heterocycles. The van der Waals surface area contributed by atoms with Crippen molar-refractivity contribution in [2.75, 3.05) is 4.90 Å². The molecule has 60 heavy (non-hydrogen) atoms. The van der Waals surface area contributed by atoms with Gasteiger partial charge in [0.1, 0.15) is 29.2 Å². The van der Waals surface area contributed by atoms with E-state index < -0.39 is 0 Å². The molecule has 0 amide bonds. The van der Waals surface area contributed by atoms with Gasteiger partial charge in [0.05, 0.1) is 17.0 Å². The number of thiophene rings is 1. The predicted octanol–water partition coefficient (Wildman–Crippen LogP) is 13.8. The van der Waals surface area contributed by atoms with Crippen LogP contribution < -0.4 is 21.7 Å². The Morgan fingerprint density at radius 3 is 1.85 bits per heavy atom. The van der Waals surface area contributed by atoms with Gasteiger partial charge in [-0.25, -0.2) is 0 Å². The summed E-state index contributed by atoms with van der Waals surface area (Å²) in [5.41, 5.74) is 15.8. The molecule has 306 valence electrons. The first kappa shape index (κ1) is 37.4. The minimum absolute atomic E-state index is 0.0437. The van der Waals surface area contributed by atoms with E-state index in [1.165, 1.54) is 81.7 Å². The SMILES string of the molecule is CC1(C)CCC(C)(C)c2c(N3c4cc(-c5cccc6c5sc5ccccc56)cc5c4B(c4oc6c(c4-5)C(C)(C)CCC6(C)C)c4oc5c(c43)C(C)(C)CCC5(C)C)coc21. The highest BCUT2D eigenvalue weighted by Gasteiger charge is 2.57. The molecule has 0 unspecified atom stereocenters. The van der Waals surface area contributed by atoms with E-state index in [-0.39, 0.29) is 39.2 Å². The fourth-order valence-electron chi connectivity index (χ4n) is 12.5. The lowest BCUT2D eigenvalue weighted by Gasteiger charge is -2.43. The summed E-state index contributed by atoms with van der Waals surface area (Å²) in [6.07, 6.45) is 8.69. The van der Waals surface area contributed by atoms with Crippen LogP contribution in [0.3, 0.4) is 0 Å². The number of hydrogen-bond acceptors (Lipinski definition) is 5. The third kappa shape index (κ3) is 4.65. The Balaban J connectivity index is 1.26. The Hall–Kier alpha value is -4.42. The zero-order valence-electron chi connectivity index (χ0n) is 37.7. The summed E-state index contributed by atoms with van der Waals surface area (Å²) in [5.74, 6) is 3.43. The molecule has 5 aliphatic rings. The first-order chi connectivity index (χ1) is 28.2. The van der Waals surface area contributed by atoms with Gasteiger partial charge < -0.3 is 18.2 Å². The Kier molecular flexibility index (Phi) is 7.06. The minimum Gasteiger partial charge on any atom is -0.474 e. The molecule has 0 spiro atoms. The molecule has 7 aromatic rings. The normalized spacial score (nSPS) is 21.7. The molecule has 0 bridgehead atoms. The second-order valence-electron chi connectivity index (χ2n) is 23.2. The van der Waals surface area contributed by atoms with Crippen molar-refractivity contribution in [3.8, 4) is 22.3 Å². The Bertz CT molecular complexity index is 3030. The van der Waals surface area contributed by atoms with Crippen LogP contribution in [-0.2, 0) is 32.5 Å². The molecule has 12 rings (SSSR count). The number of hydrogen-bond donors (Lipinski definition) is 0. The lowest BCUT2D eigenvalue weighted by Crippen LogP contribution is -2.54. The number of anilines is 3. The number of nitrogens with zero attached hydrogens (tertiary/aromatic N) is 1. The summed E-state index contributed by atoms with van der Waals surface area (Å²) in [6, 6.07) is 20.9. The van der Waals surface area contributed by atoms with Crippen LogP contribution in [0.25, 0.3) is 42.4 Å². The van der Waals surface area contributed by atoms with Gasteiger partial charge in [-0.3, -0.25) is 0 Å². The van der Waals surface area contributed by atoms with Crippen molar-refractivity contribution >= 4 is 72.1 Å². The number of benzene rings is 3. The van der Waals surface area contributed by atoms with Gasteiger partial charge in [-0.05, 0) is 95.1 Å². The van der Waals surface area contributed by atoms with Crippen LogP contribution in [0.4, 0.5) is 17.1 Å². The average molecular weight is 812 g/mol. The number of fused-ring (bicyclic) bond motifs is 13. The summed E-state index contributed by atoms with van der Waals surface area (Å²) < 4.78 is 24.7. The zero-order chi connectivity index (χ0) is 41.8. The second-order valence-corrected chi connectivity index (χ2v) is 24.3. The summed E-state index contributed by atoms with van der Waals surface area (Å²) in [7, 11) is 0. The fourth-order valence-corrected chi connectivity index (χ4v) is 13.7. The molecule has 3 aromatic carbocycles. The van der Waals surface area contributed by atoms with Gasteiger partial charge in [-0.1, -0.05) is 119 Å². The highest BCUT2D eigenvalue weighted by molar-refractivity contribution is 7.26. The predicted molar refractivity (Wildman–Crippen MR) is 252 cm³/mol. The summed E-state index contributed by atoms with van der Waals surface area (Å²) in [6.45, 7) is 28.8. The summed E-state index contributed by atoms with van der Waals surface area (Å²) >= 11 is 1.92. The van der Waals surface area contributed by atoms with Gasteiger partial charge >= 0.3 is 6.71 Å². The quantitative estimate of drug-likeness (QED) is 0.163. The van der Waals surface area contributed by atoms with Crippen molar-refractivity contribution in [3.05, 3.63) is 94.8 Å². The first-order valence-electron chi connectivity index (χ1n) is 22.6. The van der Waals surface area contributed by atoms with E-state index >= 15 is 0 Å². The van der Waals surface area contributed by atoms with Crippen LogP contribution in [-0.4, -0.2) is 6.71 Å². The Morgan fingerprint density at radius 1 is 0.550 bits per heavy atom. The molecular weight excluding hydrogens is 753 g/mol. The fraction of sp³-hybridized carbons (Fsp3) is 0.444. The Morgan fingerprint density at radius 2 is 1.13 bits per heavy atom. The molecule has 3 aliphatic carbocycles. The maximum absolute atomic E-state index is 7.61. The monoisotopic (exact) mass is 811 g/mol. The summed E-state index contributed by atoms with van der Waals surface area (Å²) in [5, 5.41) is 2.65. The highest BCUT2D eigenvalue weighted by atomic mass is 32.1. The van der Waals surface area contributed by atoms with E-state index in [0.29, 0.717) is 0 Å². The van der Waals surface area contributed by atoms with Gasteiger partial charge in [-0.2, -0.15) is 0 Å². The molecule has 6 heterocycles. The van der Waals surface area contributed by atoms with Crippen LogP contribution in [0.2, 0.25) is 0 Å². The molecule has 0 radical (unpaired) electrons. The third-order valence-corrected chi connectivity index (χ3v) is 17.5. The van der Waals surface area contributed by atoms with Crippen molar-refractivity contribution in [3.63, 3.8) is 0 Å². The molecule has 2 aliphatic heterocycles. The zero-order valence-corrected chi connectivity index (χ0v) is 38.5. The van der Waals surface area contributed by atoms with Gasteiger partial charge in [0.2, 0.25) is 0 Å². The van der Waals surface area contributed by atoms with E-state index in [0.717, 1.165) is 67.1 Å². The summed E-state index contributed by atoms with van der Waals surface area (Å²) in [4.78, 5) is 2.64. The minimum atomic E-state index is -0.146. The van der Waals surface area contributed by atoms with Crippen molar-refractivity contribution in [2.24, 2.45) is 0 Å². The number of rotatable bonds is 2. The molecule has 4 nitrogen and oxygen atoms in total. The van der Waals surface area contributed by atoms with Crippen molar-refractivity contribution in [1.29, 1.82) is 0 Å². The van der Waals surface area contributed by atoms with E-state index in [1.807, 2.05) is 11.3 Å². The largest absolute Gasteiger partial charge is 0.474 e. The molecule has 0 saturated heterocycles. The highest BCUT2D eigenvalue weighted by Crippen LogP contribution is 2.60. The third-order valence-electron chi connectivity index (χ3n) is 16.3. The lowest BCUT2D eigenvalue weighted by molar-refractivity contribution is 0.278. The molecule has 0 atom stereocenters. The van der Waals surface area contributed by atoms with E-state index in [2.05, 4.69) is 149 Å². The van der Waals surface area contributed by atoms with Crippen LogP contribution >= 0.6 is 11.3 Å². The lowest BCUT2D eigenvalue weighted by atomic mass is 9.41. The maximum Gasteiger partial charge on any atom is 0.338 e. The van der Waals surface area contributed by atoms with Gasteiger partial charge in [0.25, 0.3) is 0 Å². The van der Waals surface area contributed by atoms with E-state index in [1.54, 1.807) is 0 Å². The van der Waals surface area contributed by atoms with Crippen LogP contribution in [0.1, 0.15) is 156 Å². The van der Waals surface area contributed by atoms with Gasteiger partial charge in [0.15, 0.2) is 0 Å². The molecular formula is C54H58BNO3S. The van der Waals surface area contributed by atoms with Crippen molar-refractivity contribution in [1.82, 2.24) is 0 Å². The van der Waals surface area contributed by atoms with Crippen LogP contribution in [0, 0.1) is 0 Å². The van der Waals surface area contributed by atoms with E-state index in [4.69, 9.17) is 13.3 Å². The van der Waals surface area contributed by atoms with Crippen LogP contribution in [0.15, 0.2) is 74.1 Å². The standard InChI is InChI=1S/C54H58BNO3S/c1-49(2)20-23-52(7,8)44-38(49)35(28-57-44)56-34-27-29(30-17-15-18-32-31-16-13-14-19-36(31)60-43(30)32)26-33-37-39-45(53(9,10)24-21-50(39,3)4)58-47(37)55(41(33)34)48-42(56)40-46(59-48)54(11,12)25-22-51(40,5)6/h13-19,26-28H,20-25H2,1-12H3.